The second-order valence-corrected chi connectivity index (χ2v) is 11.4. The number of fused-ring (bicyclic) bond motifs is 1. The Labute approximate surface area is 196 Å². The molecule has 32 heavy (non-hydrogen) atoms. The Bertz CT molecular complexity index is 1320. The van der Waals surface area contributed by atoms with Gasteiger partial charge in [0.25, 0.3) is 0 Å². The number of anilines is 2. The molecule has 0 radical (unpaired) electrons. The summed E-state index contributed by atoms with van der Waals surface area (Å²) in [7, 11) is -4.00. The molecule has 2 heterocycles. The van der Waals surface area contributed by atoms with E-state index in [1.165, 1.54) is 48.2 Å². The molecule has 0 unspecified atom stereocenters. The summed E-state index contributed by atoms with van der Waals surface area (Å²) in [5.74, 6) is -1.60. The van der Waals surface area contributed by atoms with E-state index in [1.54, 1.807) is 11.2 Å². The highest BCUT2D eigenvalue weighted by molar-refractivity contribution is 8.01. The number of rotatable bonds is 6. The zero-order valence-corrected chi connectivity index (χ0v) is 19.8. The normalized spacial score (nSPS) is 13.2. The number of halogens is 3. The molecule has 0 fully saturated rings. The summed E-state index contributed by atoms with van der Waals surface area (Å²) in [6, 6.07) is 7.77. The number of sulfone groups is 1. The molecule has 3 aromatic rings. The minimum Gasteiger partial charge on any atom is -0.383 e. The van der Waals surface area contributed by atoms with Gasteiger partial charge < -0.3 is 16.0 Å². The van der Waals surface area contributed by atoms with Crippen molar-refractivity contribution in [2.75, 3.05) is 23.1 Å². The van der Waals surface area contributed by atoms with Crippen molar-refractivity contribution in [3.05, 3.63) is 63.5 Å². The molecule has 2 aromatic carbocycles. The number of thioether (sulfide) groups is 1. The third-order valence-electron chi connectivity index (χ3n) is 4.96. The van der Waals surface area contributed by atoms with Gasteiger partial charge in [0.05, 0.1) is 48.5 Å². The fourth-order valence-corrected chi connectivity index (χ4v) is 7.62. The summed E-state index contributed by atoms with van der Waals surface area (Å²) in [4.78, 5) is 1.94. The van der Waals surface area contributed by atoms with Crippen molar-refractivity contribution in [1.29, 1.82) is 5.41 Å². The number of nitrogens with zero attached hydrogens (tertiary/aromatic N) is 1. The summed E-state index contributed by atoms with van der Waals surface area (Å²) in [6.07, 6.45) is 1.74. The quantitative estimate of drug-likeness (QED) is 0.245. The van der Waals surface area contributed by atoms with Crippen molar-refractivity contribution in [1.82, 2.24) is 0 Å². The third-order valence-corrected chi connectivity index (χ3v) is 9.58. The van der Waals surface area contributed by atoms with E-state index >= 15 is 0 Å². The van der Waals surface area contributed by atoms with Crippen LogP contribution in [0.25, 0.3) is 0 Å². The van der Waals surface area contributed by atoms with Gasteiger partial charge >= 0.3 is 0 Å². The number of hydrogen-bond acceptors (Lipinski definition) is 7. The topological polar surface area (TPSA) is 99.3 Å². The Kier molecular flexibility index (Phi) is 6.10. The highest BCUT2D eigenvalue weighted by Gasteiger charge is 2.30. The molecule has 4 N–H and O–H groups in total. The van der Waals surface area contributed by atoms with Crippen LogP contribution < -0.4 is 16.0 Å². The molecule has 1 aromatic heterocycles. The second-order valence-electron chi connectivity index (χ2n) is 6.92. The molecular weight excluding hydrogens is 498 g/mol. The second kappa shape index (κ2) is 8.54. The first-order chi connectivity index (χ1) is 15.1. The Morgan fingerprint density at radius 2 is 2.00 bits per heavy atom. The molecule has 6 nitrogen and oxygen atoms in total. The molecule has 1 aliphatic heterocycles. The van der Waals surface area contributed by atoms with Gasteiger partial charge in [-0.25, -0.2) is 17.2 Å². The van der Waals surface area contributed by atoms with E-state index in [-0.39, 0.29) is 39.4 Å². The fraction of sp³-hybridized carbons (Fsp3) is 0.150. The number of amidine groups is 1. The average Bonchev–Trinajstić information content (AvgIpc) is 3.36. The number of hydrogen-bond donors (Lipinski definition) is 3. The van der Waals surface area contributed by atoms with Gasteiger partial charge in [0, 0.05) is 5.56 Å². The molecule has 0 saturated heterocycles. The maximum Gasteiger partial charge on any atom is 0.208 e. The number of thiophene rings is 1. The molecule has 0 bridgehead atoms. The Morgan fingerprint density at radius 1 is 1.31 bits per heavy atom. The zero-order chi connectivity index (χ0) is 23.2. The minimum absolute atomic E-state index is 0.0360. The largest absolute Gasteiger partial charge is 0.383 e. The van der Waals surface area contributed by atoms with Gasteiger partial charge in [0.1, 0.15) is 17.5 Å². The van der Waals surface area contributed by atoms with Crippen LogP contribution in [0, 0.1) is 17.0 Å². The van der Waals surface area contributed by atoms with Gasteiger partial charge in [-0.15, -0.1) is 23.1 Å². The van der Waals surface area contributed by atoms with Gasteiger partial charge in [-0.05, 0) is 36.6 Å². The predicted molar refractivity (Wildman–Crippen MR) is 125 cm³/mol. The molecule has 168 valence electrons. The van der Waals surface area contributed by atoms with E-state index in [4.69, 9.17) is 22.7 Å². The minimum atomic E-state index is -4.00. The van der Waals surface area contributed by atoms with Crippen LogP contribution in [0.2, 0.25) is 5.02 Å². The lowest BCUT2D eigenvalue weighted by Crippen LogP contribution is -2.23. The van der Waals surface area contributed by atoms with Gasteiger partial charge in [0.15, 0.2) is 0 Å². The third kappa shape index (κ3) is 3.94. The lowest BCUT2D eigenvalue weighted by molar-refractivity contribution is 0.552. The summed E-state index contributed by atoms with van der Waals surface area (Å²) in [5, 5.41) is 10.8. The number of benzene rings is 2. The molecule has 0 aliphatic carbocycles. The highest BCUT2D eigenvalue weighted by Crippen LogP contribution is 2.43. The molecular formula is C20H17ClF2N4O2S3. The Balaban J connectivity index is 1.78. The van der Waals surface area contributed by atoms with Crippen LogP contribution in [0.15, 0.2) is 50.4 Å². The van der Waals surface area contributed by atoms with Gasteiger partial charge in [-0.2, -0.15) is 0 Å². The highest BCUT2D eigenvalue weighted by atomic mass is 35.5. The summed E-state index contributed by atoms with van der Waals surface area (Å²) < 4.78 is 55.7. The SMILES string of the molecule is CSc1sc(C(=N)N)cc1S(=O)(=O)c1cc(Cl)c2c(c1)N(Cc1c(F)cccc1F)CN2. The molecule has 0 saturated carbocycles. The molecule has 4 rings (SSSR count). The zero-order valence-electron chi connectivity index (χ0n) is 16.6. The lowest BCUT2D eigenvalue weighted by Gasteiger charge is -2.19. The molecule has 12 heteroatoms. The van der Waals surface area contributed by atoms with Crippen molar-refractivity contribution in [2.24, 2.45) is 5.73 Å². The monoisotopic (exact) mass is 514 g/mol. The number of nitrogen functional groups attached to an aromatic ring is 1. The van der Waals surface area contributed by atoms with E-state index in [1.807, 2.05) is 0 Å². The van der Waals surface area contributed by atoms with Crippen LogP contribution in [-0.2, 0) is 16.4 Å². The van der Waals surface area contributed by atoms with Crippen LogP contribution >= 0.6 is 34.7 Å². The maximum absolute atomic E-state index is 14.2. The van der Waals surface area contributed by atoms with Gasteiger partial charge in [-0.1, -0.05) is 17.7 Å². The first kappa shape index (κ1) is 22.8. The van der Waals surface area contributed by atoms with Crippen LogP contribution in [0.5, 0.6) is 0 Å². The Hall–Kier alpha value is -2.34. The molecule has 0 amide bonds. The standard InChI is InChI=1S/C20H17ClF2N4O2S3/c1-30-20-17(7-16(31-20)19(24)25)32(28,29)10-5-12(21)18-15(6-10)27(9-26-18)8-11-13(22)3-2-4-14(11)23/h2-7,26H,8-9H2,1H3,(H3,24,25). The van der Waals surface area contributed by atoms with Crippen LogP contribution in [-0.4, -0.2) is 27.2 Å². The molecule has 1 aliphatic rings. The summed E-state index contributed by atoms with van der Waals surface area (Å²) in [6.45, 7) is 0.0939. The first-order valence-electron chi connectivity index (χ1n) is 9.16. The average molecular weight is 515 g/mol. The summed E-state index contributed by atoms with van der Waals surface area (Å²) in [5.41, 5.74) is 6.32. The van der Waals surface area contributed by atoms with Crippen LogP contribution in [0.1, 0.15) is 10.4 Å². The van der Waals surface area contributed by atoms with Crippen molar-refractivity contribution in [3.63, 3.8) is 0 Å². The van der Waals surface area contributed by atoms with Gasteiger partial charge in [-0.3, -0.25) is 5.41 Å². The van der Waals surface area contributed by atoms with Crippen molar-refractivity contribution in [3.8, 4) is 0 Å². The van der Waals surface area contributed by atoms with Gasteiger partial charge in [0.2, 0.25) is 9.84 Å². The van der Waals surface area contributed by atoms with Crippen molar-refractivity contribution < 1.29 is 17.2 Å². The smallest absolute Gasteiger partial charge is 0.208 e. The molecule has 0 spiro atoms. The first-order valence-corrected chi connectivity index (χ1v) is 13.1. The van der Waals surface area contributed by atoms with E-state index in [0.717, 1.165) is 11.3 Å². The van der Waals surface area contributed by atoms with E-state index in [2.05, 4.69) is 5.32 Å². The summed E-state index contributed by atoms with van der Waals surface area (Å²) >= 11 is 8.73. The molecule has 0 atom stereocenters. The fourth-order valence-electron chi connectivity index (χ4n) is 3.37. The van der Waals surface area contributed by atoms with E-state index in [9.17, 15) is 17.2 Å². The predicted octanol–water partition coefficient (Wildman–Crippen LogP) is 4.91. The van der Waals surface area contributed by atoms with Crippen molar-refractivity contribution in [2.45, 2.75) is 20.5 Å². The maximum atomic E-state index is 14.2. The number of nitrogens with one attached hydrogen (secondary N) is 2. The number of nitrogens with two attached hydrogens (primary N) is 1. The lowest BCUT2D eigenvalue weighted by atomic mass is 10.1. The Morgan fingerprint density at radius 3 is 2.62 bits per heavy atom. The van der Waals surface area contributed by atoms with E-state index in [0.29, 0.717) is 20.5 Å². The van der Waals surface area contributed by atoms with Crippen LogP contribution in [0.3, 0.4) is 0 Å². The van der Waals surface area contributed by atoms with Crippen molar-refractivity contribution >= 4 is 61.7 Å². The van der Waals surface area contributed by atoms with E-state index < -0.39 is 21.5 Å². The van der Waals surface area contributed by atoms with Crippen LogP contribution in [0.4, 0.5) is 20.2 Å².